The molecule has 0 unspecified atom stereocenters. The molecule has 0 saturated carbocycles. The van der Waals surface area contributed by atoms with E-state index in [4.69, 9.17) is 9.15 Å². The summed E-state index contributed by atoms with van der Waals surface area (Å²) in [6.07, 6.45) is 3.19. The largest absolute Gasteiger partial charge is 0.486 e. The number of aryl methyl sites for hydroxylation is 2. The number of carboxylic acid groups (broad SMARTS) is 1. The predicted octanol–water partition coefficient (Wildman–Crippen LogP) is 5.63. The van der Waals surface area contributed by atoms with E-state index in [-0.39, 0.29) is 12.4 Å². The molecule has 0 radical (unpaired) electrons. The molecule has 0 aliphatic rings. The smallest absolute Gasteiger partial charge is 0.326 e. The second-order valence-electron chi connectivity index (χ2n) is 9.22. The number of fused-ring (bicyclic) bond motifs is 1. The number of hydrazone groups is 1. The summed E-state index contributed by atoms with van der Waals surface area (Å²) in [6, 6.07) is 21.9. The van der Waals surface area contributed by atoms with Gasteiger partial charge < -0.3 is 23.4 Å². The van der Waals surface area contributed by atoms with Gasteiger partial charge in [0.15, 0.2) is 5.76 Å². The molecule has 3 aromatic heterocycles. The molecule has 9 nitrogen and oxygen atoms in total. The first-order valence-corrected chi connectivity index (χ1v) is 12.4. The number of hydrogen-bond acceptors (Lipinski definition) is 5. The lowest BCUT2D eigenvalue weighted by Crippen LogP contribution is -2.16. The van der Waals surface area contributed by atoms with Crippen molar-refractivity contribution >= 4 is 29.0 Å². The van der Waals surface area contributed by atoms with Crippen molar-refractivity contribution in [2.75, 3.05) is 0 Å². The Hall–Kier alpha value is -5.05. The third-order valence-corrected chi connectivity index (χ3v) is 6.55. The van der Waals surface area contributed by atoms with E-state index in [0.29, 0.717) is 17.1 Å². The fraction of sp³-hybridized carbons (Fsp3) is 0.167. The van der Waals surface area contributed by atoms with Crippen LogP contribution >= 0.6 is 0 Å². The predicted molar refractivity (Wildman–Crippen MR) is 148 cm³/mol. The molecule has 5 rings (SSSR count). The molecule has 5 aromatic rings. The van der Waals surface area contributed by atoms with Crippen LogP contribution in [0.1, 0.15) is 46.2 Å². The highest BCUT2D eigenvalue weighted by Gasteiger charge is 2.17. The average Bonchev–Trinajstić information content (AvgIpc) is 3.65. The number of ether oxygens (including phenoxy) is 1. The van der Waals surface area contributed by atoms with E-state index in [0.717, 1.165) is 28.0 Å². The lowest BCUT2D eigenvalue weighted by atomic mass is 10.2. The summed E-state index contributed by atoms with van der Waals surface area (Å²) in [5.74, 6) is -0.173. The van der Waals surface area contributed by atoms with E-state index in [1.807, 2.05) is 48.5 Å². The molecule has 0 spiro atoms. The monoisotopic (exact) mass is 524 g/mol. The molecule has 0 bridgehead atoms. The van der Waals surface area contributed by atoms with Crippen molar-refractivity contribution in [3.05, 3.63) is 107 Å². The molecule has 0 aliphatic carbocycles. The number of nitrogens with zero attached hydrogens (tertiary/aromatic N) is 3. The van der Waals surface area contributed by atoms with Crippen LogP contribution in [0.2, 0.25) is 0 Å². The van der Waals surface area contributed by atoms with E-state index in [9.17, 15) is 14.7 Å². The second kappa shape index (κ2) is 10.7. The van der Waals surface area contributed by atoms with Crippen LogP contribution in [0.15, 0.2) is 88.5 Å². The molecule has 0 aliphatic heterocycles. The number of furan rings is 1. The van der Waals surface area contributed by atoms with E-state index >= 15 is 0 Å². The van der Waals surface area contributed by atoms with Crippen LogP contribution in [-0.4, -0.2) is 32.3 Å². The van der Waals surface area contributed by atoms with E-state index < -0.39 is 17.9 Å². The van der Waals surface area contributed by atoms with Gasteiger partial charge in [0.2, 0.25) is 0 Å². The van der Waals surface area contributed by atoms with Gasteiger partial charge in [-0.05, 0) is 75.4 Å². The van der Waals surface area contributed by atoms with Crippen LogP contribution in [0.25, 0.3) is 16.6 Å². The standard InChI is InChI=1S/C30H28N4O5/c1-19-8-9-20(2)34(19)23-10-12-24(13-11-23)38-18-25-14-15-28(39-25)29(35)32-31-16-22-17-33(21(3)30(36)37)27-7-5-4-6-26(22)27/h4-17,21H,18H2,1-3H3,(H,32,35)(H,36,37)/b31-16+/t21-/m1/s1. The fourth-order valence-electron chi connectivity index (χ4n) is 4.49. The topological polar surface area (TPSA) is 111 Å². The Bertz CT molecular complexity index is 1650. The molecule has 9 heteroatoms. The zero-order valence-corrected chi connectivity index (χ0v) is 21.8. The number of para-hydroxylation sites is 1. The van der Waals surface area contributed by atoms with Crippen molar-refractivity contribution < 1.29 is 23.8 Å². The summed E-state index contributed by atoms with van der Waals surface area (Å²) in [7, 11) is 0. The first-order chi connectivity index (χ1) is 18.8. The van der Waals surface area contributed by atoms with Crippen LogP contribution in [0.5, 0.6) is 5.75 Å². The number of amides is 1. The molecule has 2 aromatic carbocycles. The van der Waals surface area contributed by atoms with Gasteiger partial charge in [-0.2, -0.15) is 5.10 Å². The maximum absolute atomic E-state index is 12.5. The molecule has 0 saturated heterocycles. The van der Waals surface area contributed by atoms with Gasteiger partial charge in [0.25, 0.3) is 0 Å². The lowest BCUT2D eigenvalue weighted by molar-refractivity contribution is -0.140. The molecule has 198 valence electrons. The molecule has 2 N–H and O–H groups in total. The van der Waals surface area contributed by atoms with Gasteiger partial charge in [0, 0.05) is 39.7 Å². The normalized spacial score (nSPS) is 12.2. The van der Waals surface area contributed by atoms with Crippen molar-refractivity contribution in [1.82, 2.24) is 14.6 Å². The van der Waals surface area contributed by atoms with Crippen molar-refractivity contribution in [2.24, 2.45) is 5.10 Å². The highest BCUT2D eigenvalue weighted by atomic mass is 16.5. The molecule has 1 amide bonds. The second-order valence-corrected chi connectivity index (χ2v) is 9.22. The number of hydrogen-bond donors (Lipinski definition) is 2. The van der Waals surface area contributed by atoms with Gasteiger partial charge in [-0.3, -0.25) is 4.79 Å². The van der Waals surface area contributed by atoms with E-state index in [1.165, 1.54) is 6.21 Å². The zero-order valence-electron chi connectivity index (χ0n) is 21.8. The molecule has 3 heterocycles. The van der Waals surface area contributed by atoms with Crippen LogP contribution in [0.3, 0.4) is 0 Å². The Morgan fingerprint density at radius 2 is 1.74 bits per heavy atom. The van der Waals surface area contributed by atoms with Gasteiger partial charge in [-0.1, -0.05) is 18.2 Å². The van der Waals surface area contributed by atoms with Gasteiger partial charge in [-0.15, -0.1) is 0 Å². The number of aromatic nitrogens is 2. The Morgan fingerprint density at radius 1 is 1.03 bits per heavy atom. The third-order valence-electron chi connectivity index (χ3n) is 6.55. The minimum Gasteiger partial charge on any atom is -0.486 e. The molecule has 1 atom stereocenters. The molecule has 0 fully saturated rings. The maximum atomic E-state index is 12.5. The lowest BCUT2D eigenvalue weighted by Gasteiger charge is -2.10. The number of benzene rings is 2. The summed E-state index contributed by atoms with van der Waals surface area (Å²) in [5.41, 5.74) is 7.28. The summed E-state index contributed by atoms with van der Waals surface area (Å²) in [5, 5.41) is 14.3. The highest BCUT2D eigenvalue weighted by Crippen LogP contribution is 2.24. The van der Waals surface area contributed by atoms with E-state index in [1.54, 1.807) is 29.8 Å². The Balaban J connectivity index is 1.20. The number of carbonyl (C=O) groups is 2. The third kappa shape index (κ3) is 5.33. The van der Waals surface area contributed by atoms with Gasteiger partial charge in [-0.25, -0.2) is 10.2 Å². The molecular formula is C30H28N4O5. The van der Waals surface area contributed by atoms with Crippen LogP contribution in [0.4, 0.5) is 0 Å². The van der Waals surface area contributed by atoms with Crippen molar-refractivity contribution in [1.29, 1.82) is 0 Å². The van der Waals surface area contributed by atoms with Crippen LogP contribution in [-0.2, 0) is 11.4 Å². The zero-order chi connectivity index (χ0) is 27.5. The number of carboxylic acids is 1. The molecule has 39 heavy (non-hydrogen) atoms. The first kappa shape index (κ1) is 25.6. The quantitative estimate of drug-likeness (QED) is 0.192. The molecular weight excluding hydrogens is 496 g/mol. The Kier molecular flexibility index (Phi) is 7.05. The SMILES string of the molecule is Cc1ccc(C)n1-c1ccc(OCc2ccc(C(=O)N/N=C/c3cn([C@H](C)C(=O)O)c4ccccc34)o2)cc1. The maximum Gasteiger partial charge on any atom is 0.326 e. The number of aliphatic carboxylic acids is 1. The van der Waals surface area contributed by atoms with Crippen molar-refractivity contribution in [2.45, 2.75) is 33.4 Å². The summed E-state index contributed by atoms with van der Waals surface area (Å²) in [4.78, 5) is 24.0. The van der Waals surface area contributed by atoms with E-state index in [2.05, 4.69) is 41.1 Å². The Labute approximate surface area is 224 Å². The number of nitrogens with one attached hydrogen (secondary N) is 1. The fourth-order valence-corrected chi connectivity index (χ4v) is 4.49. The average molecular weight is 525 g/mol. The number of carbonyl (C=O) groups excluding carboxylic acids is 1. The van der Waals surface area contributed by atoms with Gasteiger partial charge in [0.1, 0.15) is 24.2 Å². The summed E-state index contributed by atoms with van der Waals surface area (Å²) >= 11 is 0. The van der Waals surface area contributed by atoms with Gasteiger partial charge >= 0.3 is 11.9 Å². The van der Waals surface area contributed by atoms with Gasteiger partial charge in [0.05, 0.1) is 6.21 Å². The summed E-state index contributed by atoms with van der Waals surface area (Å²) in [6.45, 7) is 5.90. The van der Waals surface area contributed by atoms with Crippen molar-refractivity contribution in [3.8, 4) is 11.4 Å². The summed E-state index contributed by atoms with van der Waals surface area (Å²) < 4.78 is 15.3. The highest BCUT2D eigenvalue weighted by molar-refractivity contribution is 6.00. The van der Waals surface area contributed by atoms with Crippen LogP contribution in [0, 0.1) is 13.8 Å². The van der Waals surface area contributed by atoms with Crippen LogP contribution < -0.4 is 10.2 Å². The first-order valence-electron chi connectivity index (χ1n) is 12.4. The minimum absolute atomic E-state index is 0.0987. The number of rotatable bonds is 9. The minimum atomic E-state index is -0.940. The Morgan fingerprint density at radius 3 is 2.46 bits per heavy atom. The van der Waals surface area contributed by atoms with Crippen molar-refractivity contribution in [3.63, 3.8) is 0 Å².